The van der Waals surface area contributed by atoms with Gasteiger partial charge in [0.25, 0.3) is 0 Å². The molecule has 0 spiro atoms. The van der Waals surface area contributed by atoms with Crippen LogP contribution in [0.4, 0.5) is 0 Å². The van der Waals surface area contributed by atoms with Crippen molar-refractivity contribution in [2.45, 2.75) is 110 Å². The molecule has 4 heteroatoms. The Bertz CT molecular complexity index is 1200. The smallest absolute Gasteiger partial charge is 0.126 e. The number of ether oxygens (including phenoxy) is 2. The van der Waals surface area contributed by atoms with E-state index in [4.69, 9.17) is 20.2 Å². The number of pyridine rings is 1. The molecule has 2 aliphatic rings. The lowest BCUT2D eigenvalue weighted by Gasteiger charge is -2.28. The van der Waals surface area contributed by atoms with Crippen molar-refractivity contribution in [2.75, 3.05) is 0 Å². The van der Waals surface area contributed by atoms with Gasteiger partial charge < -0.3 is 15.2 Å². The van der Waals surface area contributed by atoms with Crippen molar-refractivity contribution in [2.24, 2.45) is 11.7 Å². The molecule has 4 nitrogen and oxygen atoms in total. The van der Waals surface area contributed by atoms with Crippen LogP contribution in [-0.2, 0) is 30.6 Å². The lowest BCUT2D eigenvalue weighted by Crippen LogP contribution is -2.38. The molecule has 2 aromatic carbocycles. The van der Waals surface area contributed by atoms with Gasteiger partial charge in [0, 0.05) is 34.8 Å². The predicted octanol–water partition coefficient (Wildman–Crippen LogP) is 7.76. The number of rotatable bonds is 11. The van der Waals surface area contributed by atoms with Crippen molar-refractivity contribution in [1.82, 2.24) is 4.98 Å². The fraction of sp³-hybridized carbons (Fsp3) is 0.514. The van der Waals surface area contributed by atoms with Crippen LogP contribution in [0.2, 0.25) is 0 Å². The van der Waals surface area contributed by atoms with E-state index in [9.17, 15) is 0 Å². The maximum Gasteiger partial charge on any atom is 0.126 e. The molecule has 0 saturated heterocycles. The van der Waals surface area contributed by atoms with E-state index in [-0.39, 0.29) is 18.2 Å². The Labute approximate surface area is 235 Å². The third-order valence-corrected chi connectivity index (χ3v) is 8.94. The lowest BCUT2D eigenvalue weighted by molar-refractivity contribution is 0.00908. The summed E-state index contributed by atoms with van der Waals surface area (Å²) >= 11 is 0. The van der Waals surface area contributed by atoms with Gasteiger partial charge in [-0.05, 0) is 81.4 Å². The highest BCUT2D eigenvalue weighted by Gasteiger charge is 2.34. The summed E-state index contributed by atoms with van der Waals surface area (Å²) in [5.41, 5.74) is 15.5. The maximum atomic E-state index is 6.99. The minimum Gasteiger partial charge on any atom is -0.490 e. The Morgan fingerprint density at radius 2 is 1.62 bits per heavy atom. The average molecular weight is 527 g/mol. The molecule has 2 N–H and O–H groups in total. The highest BCUT2D eigenvalue weighted by atomic mass is 16.5. The van der Waals surface area contributed by atoms with Crippen LogP contribution in [0.25, 0.3) is 11.3 Å². The molecular formula is C35H46N2O2. The van der Waals surface area contributed by atoms with Gasteiger partial charge in [0.2, 0.25) is 0 Å². The van der Waals surface area contributed by atoms with Crippen LogP contribution in [0.15, 0.2) is 54.6 Å². The van der Waals surface area contributed by atoms with Gasteiger partial charge in [-0.3, -0.25) is 4.98 Å². The standard InChI is InChI=1S/C35H46N2O2/c1-4-26-15-11-16-27(5-2)35(26)32-22-34(39-28-17-9-10-18-28)30(24(3)37-32)21-31(36)29-19-12-20-33(29)38-23-25-13-7-6-8-14-25/h6-8,11,13-16,22,28-29,31,33H,4-5,9-10,12,17-21,23,36H2,1-3H3/t29?,31?,33-/m0/s1. The molecule has 2 aliphatic carbocycles. The van der Waals surface area contributed by atoms with Crippen molar-refractivity contribution < 1.29 is 9.47 Å². The molecule has 2 unspecified atom stereocenters. The molecule has 0 bridgehead atoms. The first-order valence-corrected chi connectivity index (χ1v) is 15.3. The molecule has 1 aromatic heterocycles. The third-order valence-electron chi connectivity index (χ3n) is 8.94. The first kappa shape index (κ1) is 27.9. The quantitative estimate of drug-likeness (QED) is 0.277. The van der Waals surface area contributed by atoms with Crippen LogP contribution < -0.4 is 10.5 Å². The maximum absolute atomic E-state index is 6.99. The van der Waals surface area contributed by atoms with Crippen LogP contribution >= 0.6 is 0 Å². The monoisotopic (exact) mass is 526 g/mol. The number of aromatic nitrogens is 1. The second-order valence-corrected chi connectivity index (χ2v) is 11.6. The lowest BCUT2D eigenvalue weighted by atomic mass is 9.89. The van der Waals surface area contributed by atoms with Crippen molar-refractivity contribution in [1.29, 1.82) is 0 Å². The molecular weight excluding hydrogens is 480 g/mol. The van der Waals surface area contributed by atoms with Gasteiger partial charge in [0.15, 0.2) is 0 Å². The highest BCUT2D eigenvalue weighted by molar-refractivity contribution is 5.70. The zero-order chi connectivity index (χ0) is 27.2. The van der Waals surface area contributed by atoms with Gasteiger partial charge in [-0.25, -0.2) is 0 Å². The summed E-state index contributed by atoms with van der Waals surface area (Å²) in [6, 6.07) is 19.4. The van der Waals surface area contributed by atoms with Crippen molar-refractivity contribution in [3.63, 3.8) is 0 Å². The van der Waals surface area contributed by atoms with E-state index in [0.717, 1.165) is 62.1 Å². The number of benzene rings is 2. The Morgan fingerprint density at radius 1 is 0.897 bits per heavy atom. The van der Waals surface area contributed by atoms with E-state index in [2.05, 4.69) is 75.4 Å². The van der Waals surface area contributed by atoms with E-state index in [1.54, 1.807) is 0 Å². The van der Waals surface area contributed by atoms with Crippen LogP contribution in [-0.4, -0.2) is 23.2 Å². The molecule has 2 fully saturated rings. The molecule has 3 atom stereocenters. The highest BCUT2D eigenvalue weighted by Crippen LogP contribution is 2.37. The van der Waals surface area contributed by atoms with Gasteiger partial charge in [0.05, 0.1) is 24.5 Å². The molecule has 1 heterocycles. The van der Waals surface area contributed by atoms with Crippen LogP contribution in [0, 0.1) is 12.8 Å². The summed E-state index contributed by atoms with van der Waals surface area (Å²) in [6.07, 6.45) is 11.4. The first-order chi connectivity index (χ1) is 19.1. The average Bonchev–Trinajstić information content (AvgIpc) is 3.66. The molecule has 0 amide bonds. The summed E-state index contributed by atoms with van der Waals surface area (Å²) < 4.78 is 13.2. The Kier molecular flexibility index (Phi) is 9.36. The summed E-state index contributed by atoms with van der Waals surface area (Å²) in [4.78, 5) is 5.20. The van der Waals surface area contributed by atoms with E-state index in [0.29, 0.717) is 12.5 Å². The third kappa shape index (κ3) is 6.56. The normalized spacial score (nSPS) is 20.4. The molecule has 39 heavy (non-hydrogen) atoms. The molecule has 5 rings (SSSR count). The summed E-state index contributed by atoms with van der Waals surface area (Å²) in [6.45, 7) is 7.25. The Balaban J connectivity index is 1.41. The zero-order valence-electron chi connectivity index (χ0n) is 24.1. The number of hydrogen-bond donors (Lipinski definition) is 1. The zero-order valence-corrected chi connectivity index (χ0v) is 24.1. The van der Waals surface area contributed by atoms with E-state index in [1.165, 1.54) is 47.1 Å². The van der Waals surface area contributed by atoms with Gasteiger partial charge >= 0.3 is 0 Å². The first-order valence-electron chi connectivity index (χ1n) is 15.3. The van der Waals surface area contributed by atoms with Crippen LogP contribution in [0.1, 0.15) is 86.7 Å². The topological polar surface area (TPSA) is 57.4 Å². The number of hydrogen-bond acceptors (Lipinski definition) is 4. The summed E-state index contributed by atoms with van der Waals surface area (Å²) in [5, 5.41) is 0. The van der Waals surface area contributed by atoms with Crippen LogP contribution in [0.3, 0.4) is 0 Å². The van der Waals surface area contributed by atoms with Crippen molar-refractivity contribution in [3.05, 3.63) is 82.5 Å². The van der Waals surface area contributed by atoms with Crippen molar-refractivity contribution in [3.8, 4) is 17.0 Å². The fourth-order valence-electron chi connectivity index (χ4n) is 6.72. The molecule has 3 aromatic rings. The minimum absolute atomic E-state index is 0.0136. The second kappa shape index (κ2) is 13.1. The summed E-state index contributed by atoms with van der Waals surface area (Å²) in [7, 11) is 0. The Morgan fingerprint density at radius 3 is 2.31 bits per heavy atom. The predicted molar refractivity (Wildman–Crippen MR) is 160 cm³/mol. The van der Waals surface area contributed by atoms with Crippen LogP contribution in [0.5, 0.6) is 5.75 Å². The summed E-state index contributed by atoms with van der Waals surface area (Å²) in [5.74, 6) is 1.34. The van der Waals surface area contributed by atoms with E-state index < -0.39 is 0 Å². The number of nitrogens with zero attached hydrogens (tertiary/aromatic N) is 1. The molecule has 208 valence electrons. The van der Waals surface area contributed by atoms with Gasteiger partial charge in [-0.15, -0.1) is 0 Å². The van der Waals surface area contributed by atoms with Gasteiger partial charge in [-0.1, -0.05) is 68.8 Å². The van der Waals surface area contributed by atoms with E-state index in [1.807, 2.05) is 0 Å². The Hall–Kier alpha value is -2.69. The largest absolute Gasteiger partial charge is 0.490 e. The van der Waals surface area contributed by atoms with E-state index >= 15 is 0 Å². The molecule has 0 aliphatic heterocycles. The van der Waals surface area contributed by atoms with Gasteiger partial charge in [0.1, 0.15) is 5.75 Å². The SMILES string of the molecule is CCc1cccc(CC)c1-c1cc(OC2CCCC2)c(CC(N)C2CCC[C@@H]2OCc2ccccc2)c(C)n1. The van der Waals surface area contributed by atoms with Crippen molar-refractivity contribution >= 4 is 0 Å². The number of aryl methyl sites for hydroxylation is 3. The minimum atomic E-state index is 0.0136. The number of nitrogens with two attached hydrogens (primary N) is 1. The fourth-order valence-corrected chi connectivity index (χ4v) is 6.72. The van der Waals surface area contributed by atoms with Gasteiger partial charge in [-0.2, -0.15) is 0 Å². The second-order valence-electron chi connectivity index (χ2n) is 11.6. The molecule has 2 saturated carbocycles. The molecule has 0 radical (unpaired) electrons.